The average Bonchev–Trinajstić information content (AvgIpc) is 3.25. The van der Waals surface area contributed by atoms with E-state index in [0.717, 1.165) is 12.1 Å². The first kappa shape index (κ1) is 28.9. The zero-order chi connectivity index (χ0) is 27.6. The molecule has 0 spiro atoms. The number of benzene rings is 1. The number of hydrogen-bond donors (Lipinski definition) is 0. The van der Waals surface area contributed by atoms with Crippen molar-refractivity contribution in [3.05, 3.63) is 34.9 Å². The normalized spacial score (nSPS) is 19.2. The molecule has 1 saturated carbocycles. The van der Waals surface area contributed by atoms with Gasteiger partial charge >= 0.3 is 24.6 Å². The van der Waals surface area contributed by atoms with E-state index in [2.05, 4.69) is 4.74 Å². The van der Waals surface area contributed by atoms with Gasteiger partial charge in [0.1, 0.15) is 5.60 Å². The molecular weight excluding hydrogens is 527 g/mol. The first-order valence-corrected chi connectivity index (χ1v) is 11.2. The number of piperazine rings is 1. The number of hydrogen-bond acceptors (Lipinski definition) is 5. The van der Waals surface area contributed by atoms with Crippen LogP contribution in [-0.2, 0) is 32.6 Å². The first-order chi connectivity index (χ1) is 17.0. The van der Waals surface area contributed by atoms with Gasteiger partial charge in [0.05, 0.1) is 5.56 Å². The van der Waals surface area contributed by atoms with Crippen LogP contribution in [0.5, 0.6) is 0 Å². The number of carbonyl (C=O) groups is 2. The van der Waals surface area contributed by atoms with Crippen LogP contribution in [0, 0.1) is 0 Å². The third-order valence-electron chi connectivity index (χ3n) is 6.38. The lowest BCUT2D eigenvalue weighted by Gasteiger charge is -2.35. The van der Waals surface area contributed by atoms with Gasteiger partial charge in [0, 0.05) is 32.7 Å². The number of carbonyl (C=O) groups excluding carboxylic acids is 2. The summed E-state index contributed by atoms with van der Waals surface area (Å²) in [5.41, 5.74) is -1.73. The van der Waals surface area contributed by atoms with E-state index in [1.807, 2.05) is 0 Å². The highest BCUT2D eigenvalue weighted by atomic mass is 19.4. The van der Waals surface area contributed by atoms with Gasteiger partial charge in [0.15, 0.2) is 0 Å². The summed E-state index contributed by atoms with van der Waals surface area (Å²) in [6.45, 7) is -0.536. The van der Waals surface area contributed by atoms with Crippen molar-refractivity contribution in [2.75, 3.05) is 26.2 Å². The summed E-state index contributed by atoms with van der Waals surface area (Å²) in [4.78, 5) is 25.3. The molecule has 6 nitrogen and oxygen atoms in total. The molecule has 0 bridgehead atoms. The minimum absolute atomic E-state index is 0.0423. The van der Waals surface area contributed by atoms with Crippen molar-refractivity contribution in [3.8, 4) is 0 Å². The van der Waals surface area contributed by atoms with E-state index in [1.54, 1.807) is 4.90 Å². The topological polar surface area (TPSA) is 59.1 Å². The number of halogens is 9. The molecule has 3 rings (SSSR count). The van der Waals surface area contributed by atoms with Gasteiger partial charge in [-0.1, -0.05) is 6.07 Å². The van der Waals surface area contributed by atoms with Gasteiger partial charge in [-0.2, -0.15) is 39.5 Å². The van der Waals surface area contributed by atoms with Crippen LogP contribution in [0.25, 0.3) is 0 Å². The van der Waals surface area contributed by atoms with Gasteiger partial charge in [0.2, 0.25) is 0 Å². The third-order valence-corrected chi connectivity index (χ3v) is 6.38. The Bertz CT molecular complexity index is 950. The smallest absolute Gasteiger partial charge is 0.434 e. The molecule has 1 amide bonds. The van der Waals surface area contributed by atoms with Gasteiger partial charge in [-0.15, -0.1) is 0 Å². The lowest BCUT2D eigenvalue weighted by molar-refractivity contribution is -0.308. The Morgan fingerprint density at radius 2 is 1.49 bits per heavy atom. The molecule has 0 atom stereocenters. The summed E-state index contributed by atoms with van der Waals surface area (Å²) < 4.78 is 126. The molecule has 208 valence electrons. The lowest BCUT2D eigenvalue weighted by Crippen LogP contribution is -2.52. The van der Waals surface area contributed by atoms with Gasteiger partial charge in [-0.05, 0) is 48.9 Å². The minimum Gasteiger partial charge on any atom is -0.456 e. The van der Waals surface area contributed by atoms with Crippen LogP contribution in [0.2, 0.25) is 0 Å². The summed E-state index contributed by atoms with van der Waals surface area (Å²) in [6.07, 6.45) is -20.4. The molecule has 1 heterocycles. The SMILES string of the molecule is O=COC1(c2cc(CN3CCN(C(=O)OC(C(F)(F)F)C(F)(F)F)CC3)cc(C(F)(F)F)c2)CCCC1. The Balaban J connectivity index is 1.71. The van der Waals surface area contributed by atoms with Crippen LogP contribution in [0.1, 0.15) is 42.4 Å². The summed E-state index contributed by atoms with van der Waals surface area (Å²) >= 11 is 0. The number of nitrogens with zero attached hydrogens (tertiary/aromatic N) is 2. The van der Waals surface area contributed by atoms with Crippen molar-refractivity contribution in [1.29, 1.82) is 0 Å². The van der Waals surface area contributed by atoms with Crippen LogP contribution in [0.15, 0.2) is 18.2 Å². The standard InChI is InChI=1S/C22H23F9N2O4/c23-20(24,25)16-10-14(9-15(11-16)19(36-13-34)3-1-2-4-19)12-32-5-7-33(8-6-32)18(35)37-17(21(26,27)28)22(29,30)31/h9-11,13,17H,1-8,12H2. The Kier molecular flexibility index (Phi) is 8.25. The maximum absolute atomic E-state index is 13.6. The first-order valence-electron chi connectivity index (χ1n) is 11.2. The molecule has 0 radical (unpaired) electrons. The molecule has 0 unspecified atom stereocenters. The zero-order valence-electron chi connectivity index (χ0n) is 19.2. The molecule has 2 fully saturated rings. The molecule has 2 aliphatic rings. The van der Waals surface area contributed by atoms with Crippen molar-refractivity contribution < 1.29 is 58.6 Å². The van der Waals surface area contributed by atoms with Crippen molar-refractivity contribution in [2.45, 2.75) is 62.5 Å². The Hall–Kier alpha value is -2.71. The molecule has 1 aliphatic carbocycles. The molecule has 1 aromatic rings. The van der Waals surface area contributed by atoms with E-state index >= 15 is 0 Å². The van der Waals surface area contributed by atoms with E-state index in [9.17, 15) is 49.1 Å². The summed E-state index contributed by atoms with van der Waals surface area (Å²) in [5.74, 6) is 0. The maximum atomic E-state index is 13.6. The third kappa shape index (κ3) is 6.99. The highest BCUT2D eigenvalue weighted by molar-refractivity contribution is 5.68. The van der Waals surface area contributed by atoms with Gasteiger partial charge in [0.25, 0.3) is 12.6 Å². The van der Waals surface area contributed by atoms with E-state index in [4.69, 9.17) is 4.74 Å². The van der Waals surface area contributed by atoms with Gasteiger partial charge < -0.3 is 14.4 Å². The summed E-state index contributed by atoms with van der Waals surface area (Å²) in [5, 5.41) is 0. The molecule has 1 aromatic carbocycles. The second kappa shape index (κ2) is 10.6. The van der Waals surface area contributed by atoms with Crippen LogP contribution in [0.4, 0.5) is 44.3 Å². The monoisotopic (exact) mass is 550 g/mol. The van der Waals surface area contributed by atoms with E-state index in [-0.39, 0.29) is 50.3 Å². The fourth-order valence-electron chi connectivity index (χ4n) is 4.56. The zero-order valence-corrected chi connectivity index (χ0v) is 19.2. The van der Waals surface area contributed by atoms with Crippen LogP contribution in [0.3, 0.4) is 0 Å². The summed E-state index contributed by atoms with van der Waals surface area (Å²) in [7, 11) is 0. The van der Waals surface area contributed by atoms with Crippen molar-refractivity contribution >= 4 is 12.6 Å². The Morgan fingerprint density at radius 1 is 0.919 bits per heavy atom. The van der Waals surface area contributed by atoms with Crippen molar-refractivity contribution in [3.63, 3.8) is 0 Å². The predicted molar refractivity (Wildman–Crippen MR) is 108 cm³/mol. The number of ether oxygens (including phenoxy) is 2. The average molecular weight is 550 g/mol. The van der Waals surface area contributed by atoms with Crippen molar-refractivity contribution in [1.82, 2.24) is 9.80 Å². The van der Waals surface area contributed by atoms with Gasteiger partial charge in [-0.3, -0.25) is 9.69 Å². The Morgan fingerprint density at radius 3 is 1.97 bits per heavy atom. The fraction of sp³-hybridized carbons (Fsp3) is 0.636. The minimum atomic E-state index is -5.85. The largest absolute Gasteiger partial charge is 0.456 e. The molecule has 0 N–H and O–H groups in total. The van der Waals surface area contributed by atoms with Gasteiger partial charge in [-0.25, -0.2) is 4.79 Å². The van der Waals surface area contributed by atoms with Crippen LogP contribution < -0.4 is 0 Å². The number of alkyl halides is 9. The predicted octanol–water partition coefficient (Wildman–Crippen LogP) is 5.40. The van der Waals surface area contributed by atoms with E-state index < -0.39 is 41.9 Å². The second-order valence-electron chi connectivity index (χ2n) is 8.94. The lowest BCUT2D eigenvalue weighted by atomic mass is 9.89. The molecule has 1 aliphatic heterocycles. The van der Waals surface area contributed by atoms with Crippen LogP contribution >= 0.6 is 0 Å². The maximum Gasteiger partial charge on any atom is 0.434 e. The molecule has 37 heavy (non-hydrogen) atoms. The van der Waals surface area contributed by atoms with E-state index in [1.165, 1.54) is 6.07 Å². The quantitative estimate of drug-likeness (QED) is 0.351. The molecule has 0 aromatic heterocycles. The fourth-order valence-corrected chi connectivity index (χ4v) is 4.56. The number of amides is 1. The molecule has 1 saturated heterocycles. The molecule has 15 heteroatoms. The van der Waals surface area contributed by atoms with Crippen LogP contribution in [-0.4, -0.2) is 67.0 Å². The number of rotatable bonds is 6. The highest BCUT2D eigenvalue weighted by Crippen LogP contribution is 2.44. The van der Waals surface area contributed by atoms with E-state index in [0.29, 0.717) is 30.6 Å². The summed E-state index contributed by atoms with van der Waals surface area (Å²) in [6, 6.07) is 3.34. The second-order valence-corrected chi connectivity index (χ2v) is 8.94. The highest BCUT2D eigenvalue weighted by Gasteiger charge is 2.60. The Labute approximate surface area is 205 Å². The molecular formula is C22H23F9N2O4. The van der Waals surface area contributed by atoms with Crippen molar-refractivity contribution in [2.24, 2.45) is 0 Å².